The van der Waals surface area contributed by atoms with Gasteiger partial charge in [-0.1, -0.05) is 17.7 Å². The number of guanidine groups is 2. The Morgan fingerprint density at radius 3 is 2.48 bits per heavy atom. The zero-order chi connectivity index (χ0) is 24.6. The fourth-order valence-corrected chi connectivity index (χ4v) is 4.55. The molecule has 176 valence electrons. The van der Waals surface area contributed by atoms with Crippen molar-refractivity contribution in [1.82, 2.24) is 0 Å². The molecule has 0 fully saturated rings. The van der Waals surface area contributed by atoms with E-state index in [0.717, 1.165) is 11.6 Å². The zero-order valence-electron chi connectivity index (χ0n) is 18.3. The van der Waals surface area contributed by atoms with E-state index in [4.69, 9.17) is 23.1 Å². The number of amides is 1. The molecule has 1 aliphatic heterocycles. The predicted molar refractivity (Wildman–Crippen MR) is 128 cm³/mol. The van der Waals surface area contributed by atoms with Gasteiger partial charge in [-0.05, 0) is 68.7 Å². The number of nitrogens with two attached hydrogens (primary N) is 2. The van der Waals surface area contributed by atoms with Gasteiger partial charge < -0.3 is 16.8 Å². The number of carbonyl (C=O) groups excluding carboxylic acids is 1. The molecule has 0 spiro atoms. The SMILES string of the molecule is Cc1cc(NC(=O)CCc2ccc(N3C(N)=NC(N)=NC3(C)C)cc2Cl)ccc1S(=O)(=O)F. The highest BCUT2D eigenvalue weighted by molar-refractivity contribution is 7.86. The van der Waals surface area contributed by atoms with Gasteiger partial charge in [-0.3, -0.25) is 9.69 Å². The number of rotatable bonds is 6. The molecule has 0 aromatic heterocycles. The predicted octanol–water partition coefficient (Wildman–Crippen LogP) is 3.06. The Morgan fingerprint density at radius 2 is 1.91 bits per heavy atom. The van der Waals surface area contributed by atoms with E-state index in [2.05, 4.69) is 15.3 Å². The van der Waals surface area contributed by atoms with E-state index in [0.29, 0.717) is 22.8 Å². The van der Waals surface area contributed by atoms with E-state index < -0.39 is 20.8 Å². The highest BCUT2D eigenvalue weighted by Gasteiger charge is 2.33. The van der Waals surface area contributed by atoms with Gasteiger partial charge in [0.05, 0.1) is 0 Å². The van der Waals surface area contributed by atoms with Crippen molar-refractivity contribution in [2.45, 2.75) is 44.2 Å². The lowest BCUT2D eigenvalue weighted by atomic mass is 10.1. The molecule has 2 aromatic rings. The number of benzene rings is 2. The quantitative estimate of drug-likeness (QED) is 0.526. The Balaban J connectivity index is 1.67. The molecule has 0 saturated heterocycles. The van der Waals surface area contributed by atoms with Crippen molar-refractivity contribution >= 4 is 51.0 Å². The van der Waals surface area contributed by atoms with Crippen LogP contribution in [0.5, 0.6) is 0 Å². The van der Waals surface area contributed by atoms with Gasteiger partial charge in [0.2, 0.25) is 17.8 Å². The summed E-state index contributed by atoms with van der Waals surface area (Å²) in [6.07, 6.45) is 0.486. The molecule has 0 radical (unpaired) electrons. The van der Waals surface area contributed by atoms with Crippen molar-refractivity contribution in [3.05, 3.63) is 52.5 Å². The van der Waals surface area contributed by atoms with E-state index in [9.17, 15) is 17.1 Å². The van der Waals surface area contributed by atoms with Crippen LogP contribution in [0.2, 0.25) is 5.02 Å². The molecule has 2 aromatic carbocycles. The Bertz CT molecular complexity index is 1280. The molecule has 1 amide bonds. The molecule has 5 N–H and O–H groups in total. The normalized spacial score (nSPS) is 15.6. The number of nitrogens with zero attached hydrogens (tertiary/aromatic N) is 3. The summed E-state index contributed by atoms with van der Waals surface area (Å²) in [6.45, 7) is 5.12. The fraction of sp³-hybridized carbons (Fsp3) is 0.286. The van der Waals surface area contributed by atoms with Gasteiger partial charge in [0.25, 0.3) is 0 Å². The summed E-state index contributed by atoms with van der Waals surface area (Å²) in [5, 5.41) is 3.11. The molecule has 3 rings (SSSR count). The Labute approximate surface area is 196 Å². The lowest BCUT2D eigenvalue weighted by molar-refractivity contribution is -0.116. The van der Waals surface area contributed by atoms with Crippen LogP contribution in [0.15, 0.2) is 51.3 Å². The number of aliphatic imine (C=N–C) groups is 2. The Hall–Kier alpha value is -3.18. The molecule has 1 heterocycles. The third-order valence-electron chi connectivity index (χ3n) is 5.03. The summed E-state index contributed by atoms with van der Waals surface area (Å²) in [4.78, 5) is 21.9. The minimum atomic E-state index is -4.81. The van der Waals surface area contributed by atoms with Crippen LogP contribution >= 0.6 is 11.6 Å². The molecular weight excluding hydrogens is 471 g/mol. The minimum absolute atomic E-state index is 0.0960. The summed E-state index contributed by atoms with van der Waals surface area (Å²) in [5.41, 5.74) is 13.0. The number of hydrogen-bond donors (Lipinski definition) is 3. The Morgan fingerprint density at radius 1 is 1.21 bits per heavy atom. The van der Waals surface area contributed by atoms with E-state index in [1.165, 1.54) is 19.1 Å². The molecule has 12 heteroatoms. The maximum atomic E-state index is 13.2. The lowest BCUT2D eigenvalue weighted by Crippen LogP contribution is -2.54. The van der Waals surface area contributed by atoms with Gasteiger partial charge in [0.15, 0.2) is 0 Å². The maximum Gasteiger partial charge on any atom is 0.332 e. The second-order valence-corrected chi connectivity index (χ2v) is 9.73. The van der Waals surface area contributed by atoms with Gasteiger partial charge in [-0.15, -0.1) is 3.89 Å². The van der Waals surface area contributed by atoms with Crippen molar-refractivity contribution in [3.8, 4) is 0 Å². The number of carbonyl (C=O) groups is 1. The second kappa shape index (κ2) is 8.99. The van der Waals surface area contributed by atoms with Crippen LogP contribution < -0.4 is 21.7 Å². The number of anilines is 2. The largest absolute Gasteiger partial charge is 0.369 e. The number of aryl methyl sites for hydroxylation is 2. The van der Waals surface area contributed by atoms with E-state index in [1.807, 2.05) is 13.8 Å². The molecule has 1 aliphatic rings. The van der Waals surface area contributed by atoms with Gasteiger partial charge in [0, 0.05) is 22.8 Å². The van der Waals surface area contributed by atoms with Crippen LogP contribution in [-0.4, -0.2) is 31.9 Å². The molecule has 9 nitrogen and oxygen atoms in total. The van der Waals surface area contributed by atoms with Crippen molar-refractivity contribution in [1.29, 1.82) is 0 Å². The molecule has 0 bridgehead atoms. The van der Waals surface area contributed by atoms with Gasteiger partial charge in [-0.2, -0.15) is 13.4 Å². The molecular formula is C21H24ClFN6O3S. The van der Waals surface area contributed by atoms with Crippen molar-refractivity contribution in [3.63, 3.8) is 0 Å². The van der Waals surface area contributed by atoms with Crippen molar-refractivity contribution in [2.75, 3.05) is 10.2 Å². The summed E-state index contributed by atoms with van der Waals surface area (Å²) in [5.74, 6) is -0.0139. The van der Waals surface area contributed by atoms with Crippen LogP contribution in [-0.2, 0) is 21.4 Å². The molecule has 0 aliphatic carbocycles. The zero-order valence-corrected chi connectivity index (χ0v) is 19.8. The van der Waals surface area contributed by atoms with Crippen LogP contribution in [0, 0.1) is 6.92 Å². The standard InChI is InChI=1S/C21H24ClFN6O3S/c1-12-10-14(6-8-17(12)33(23,31)32)26-18(30)9-5-13-4-7-15(11-16(13)22)29-20(25)27-19(24)28-21(29,2)3/h4,6-8,10-11H,5,9H2,1-3H3,(H,26,30)(H4,24,25,27,28). The minimum Gasteiger partial charge on any atom is -0.369 e. The summed E-state index contributed by atoms with van der Waals surface area (Å²) >= 11 is 6.45. The van der Waals surface area contributed by atoms with Crippen LogP contribution in [0.4, 0.5) is 15.3 Å². The Kier molecular flexibility index (Phi) is 6.66. The van der Waals surface area contributed by atoms with Gasteiger partial charge in [0.1, 0.15) is 10.6 Å². The van der Waals surface area contributed by atoms with Crippen LogP contribution in [0.3, 0.4) is 0 Å². The van der Waals surface area contributed by atoms with Crippen molar-refractivity contribution in [2.24, 2.45) is 21.5 Å². The van der Waals surface area contributed by atoms with Gasteiger partial charge in [-0.25, -0.2) is 4.99 Å². The average Bonchev–Trinajstić information content (AvgIpc) is 2.64. The first kappa shape index (κ1) is 24.5. The van der Waals surface area contributed by atoms with Crippen molar-refractivity contribution < 1.29 is 17.1 Å². The van der Waals surface area contributed by atoms with E-state index in [1.54, 1.807) is 23.1 Å². The molecule has 0 unspecified atom stereocenters. The average molecular weight is 495 g/mol. The first-order chi connectivity index (χ1) is 15.3. The molecule has 33 heavy (non-hydrogen) atoms. The number of halogens is 2. The molecule has 0 saturated carbocycles. The fourth-order valence-electron chi connectivity index (χ4n) is 3.60. The van der Waals surface area contributed by atoms with Gasteiger partial charge >= 0.3 is 10.2 Å². The topological polar surface area (TPSA) is 143 Å². The third-order valence-corrected chi connectivity index (χ3v) is 6.37. The molecule has 0 atom stereocenters. The lowest BCUT2D eigenvalue weighted by Gasteiger charge is -2.38. The van der Waals surface area contributed by atoms with Crippen LogP contribution in [0.1, 0.15) is 31.4 Å². The first-order valence-corrected chi connectivity index (χ1v) is 11.7. The second-order valence-electron chi connectivity index (χ2n) is 8.01. The smallest absolute Gasteiger partial charge is 0.332 e. The van der Waals surface area contributed by atoms with E-state index in [-0.39, 0.29) is 29.8 Å². The number of nitrogens with one attached hydrogen (secondary N) is 1. The summed E-state index contributed by atoms with van der Waals surface area (Å²) in [6, 6.07) is 9.16. The van der Waals surface area contributed by atoms with E-state index >= 15 is 0 Å². The maximum absolute atomic E-state index is 13.2. The monoisotopic (exact) mass is 494 g/mol. The van der Waals surface area contributed by atoms with Crippen LogP contribution in [0.25, 0.3) is 0 Å². The highest BCUT2D eigenvalue weighted by Crippen LogP contribution is 2.31. The third kappa shape index (κ3) is 5.60. The first-order valence-electron chi connectivity index (χ1n) is 9.91. The number of hydrogen-bond acceptors (Lipinski definition) is 8. The summed E-state index contributed by atoms with van der Waals surface area (Å²) < 4.78 is 35.3. The highest BCUT2D eigenvalue weighted by atomic mass is 35.5. The summed E-state index contributed by atoms with van der Waals surface area (Å²) in [7, 11) is -4.81.